The maximum atomic E-state index is 9.64. The summed E-state index contributed by atoms with van der Waals surface area (Å²) in [5.41, 5.74) is 0. The molecular weight excluding hydrogens is 143 g/mol. The van der Waals surface area contributed by atoms with Crippen LogP contribution < -0.4 is 18.9 Å². The van der Waals surface area contributed by atoms with E-state index in [1.54, 1.807) is 6.92 Å². The average molecular weight is 154 g/mol. The molecule has 0 aromatic heterocycles. The van der Waals surface area contributed by atoms with Crippen LogP contribution in [0.2, 0.25) is 0 Å². The van der Waals surface area contributed by atoms with Gasteiger partial charge in [-0.1, -0.05) is 0 Å². The van der Waals surface area contributed by atoms with Gasteiger partial charge >= 0.3 is 30.8 Å². The second-order valence-corrected chi connectivity index (χ2v) is 1.29. The van der Waals surface area contributed by atoms with E-state index in [0.29, 0.717) is 0 Å². The largest absolute Gasteiger partial charge is 1.00 e. The summed E-state index contributed by atoms with van der Waals surface area (Å²) in [5.74, 6) is -2.15. The van der Waals surface area contributed by atoms with Gasteiger partial charge in [-0.2, -0.15) is 6.92 Å². The third kappa shape index (κ3) is 26.3. The van der Waals surface area contributed by atoms with Gasteiger partial charge in [0.25, 0.3) is 0 Å². The Hall–Kier alpha value is -0.463. The molecule has 0 unspecified atom stereocenters. The summed E-state index contributed by atoms with van der Waals surface area (Å²) in [4.78, 5) is 19.3. The topological polar surface area (TPSA) is 74.6 Å². The Bertz CT molecular complexity index is 99.1. The minimum Gasteiger partial charge on any atom is -0.481 e. The number of carboxylic acids is 2. The van der Waals surface area contributed by atoms with Crippen LogP contribution in [0.1, 0.15) is 19.8 Å². The zero-order valence-electron chi connectivity index (χ0n) is 6.83. The molecule has 0 bridgehead atoms. The van der Waals surface area contributed by atoms with E-state index in [1.165, 1.54) is 0 Å². The van der Waals surface area contributed by atoms with Gasteiger partial charge in [0.05, 0.1) is 12.8 Å². The fraction of sp³-hybridized carbons (Fsp3) is 0.500. The third-order valence-corrected chi connectivity index (χ3v) is 0.553. The second kappa shape index (κ2) is 12.2. The van der Waals surface area contributed by atoms with E-state index in [1.807, 2.05) is 0 Å². The van der Waals surface area contributed by atoms with Gasteiger partial charge in [0.2, 0.25) is 0 Å². The Balaban J connectivity index is -0.000000196. The van der Waals surface area contributed by atoms with Crippen molar-refractivity contribution in [3.63, 3.8) is 0 Å². The van der Waals surface area contributed by atoms with E-state index in [9.17, 15) is 9.59 Å². The van der Waals surface area contributed by atoms with Crippen molar-refractivity contribution in [1.29, 1.82) is 0 Å². The SMILES string of the molecule is O=C(O)CCC(=O)O.[CH2-]C.[Li+]. The molecule has 0 spiro atoms. The van der Waals surface area contributed by atoms with Gasteiger partial charge in [-0.05, 0) is 0 Å². The molecule has 2 N–H and O–H groups in total. The van der Waals surface area contributed by atoms with Crippen molar-refractivity contribution < 1.29 is 38.7 Å². The molecule has 0 aromatic rings. The zero-order valence-corrected chi connectivity index (χ0v) is 6.83. The van der Waals surface area contributed by atoms with Crippen LogP contribution in [0.5, 0.6) is 0 Å². The summed E-state index contributed by atoms with van der Waals surface area (Å²) >= 11 is 0. The molecule has 0 aliphatic carbocycles. The summed E-state index contributed by atoms with van der Waals surface area (Å²) in [6.45, 7) is 5.00. The van der Waals surface area contributed by atoms with Crippen molar-refractivity contribution in [2.45, 2.75) is 19.8 Å². The molecule has 0 radical (unpaired) electrons. The first-order valence-corrected chi connectivity index (χ1v) is 2.77. The fourth-order valence-corrected chi connectivity index (χ4v) is 0.214. The molecular formula is C6H11LiO4. The van der Waals surface area contributed by atoms with Crippen molar-refractivity contribution in [2.24, 2.45) is 0 Å². The normalized spacial score (nSPS) is 6.73. The van der Waals surface area contributed by atoms with Crippen LogP contribution in [0, 0.1) is 6.92 Å². The smallest absolute Gasteiger partial charge is 0.481 e. The molecule has 0 fully saturated rings. The molecule has 0 rings (SSSR count). The summed E-state index contributed by atoms with van der Waals surface area (Å²) in [7, 11) is 0. The average Bonchev–Trinajstić information content (AvgIpc) is 1.89. The van der Waals surface area contributed by atoms with Crippen molar-refractivity contribution in [3.8, 4) is 0 Å². The standard InChI is InChI=1S/C4H6O4.C2H5.Li/c5-3(6)1-2-4(7)8;1-2;/h1-2H2,(H,5,6)(H,7,8);1H2,2H3;/q;-1;+1. The molecule has 0 atom stereocenters. The van der Waals surface area contributed by atoms with Gasteiger partial charge in [0.1, 0.15) is 0 Å². The van der Waals surface area contributed by atoms with Crippen molar-refractivity contribution >= 4 is 11.9 Å². The van der Waals surface area contributed by atoms with Gasteiger partial charge in [-0.15, -0.1) is 0 Å². The Labute approximate surface area is 77.8 Å². The number of carbonyl (C=O) groups is 2. The number of rotatable bonds is 3. The Morgan fingerprint density at radius 2 is 1.27 bits per heavy atom. The Morgan fingerprint density at radius 1 is 1.09 bits per heavy atom. The molecule has 5 heteroatoms. The van der Waals surface area contributed by atoms with E-state index in [0.717, 1.165) is 0 Å². The van der Waals surface area contributed by atoms with Crippen LogP contribution in [-0.2, 0) is 9.59 Å². The van der Waals surface area contributed by atoms with Gasteiger partial charge in [0.15, 0.2) is 0 Å². The van der Waals surface area contributed by atoms with E-state index >= 15 is 0 Å². The minimum absolute atomic E-state index is 0. The second-order valence-electron chi connectivity index (χ2n) is 1.29. The van der Waals surface area contributed by atoms with Crippen LogP contribution in [0.25, 0.3) is 0 Å². The maximum Gasteiger partial charge on any atom is 1.00 e. The summed E-state index contributed by atoms with van der Waals surface area (Å²) in [6.07, 6.45) is -0.593. The third-order valence-electron chi connectivity index (χ3n) is 0.553. The van der Waals surface area contributed by atoms with Gasteiger partial charge in [0, 0.05) is 0 Å². The summed E-state index contributed by atoms with van der Waals surface area (Å²) in [6, 6.07) is 0. The maximum absolute atomic E-state index is 9.64. The number of hydrogen-bond donors (Lipinski definition) is 2. The zero-order chi connectivity index (χ0) is 8.57. The first kappa shape index (κ1) is 16.9. The molecule has 0 saturated carbocycles. The van der Waals surface area contributed by atoms with E-state index < -0.39 is 11.9 Å². The minimum atomic E-state index is -1.08. The fourth-order valence-electron chi connectivity index (χ4n) is 0.214. The first-order valence-electron chi connectivity index (χ1n) is 2.77. The van der Waals surface area contributed by atoms with E-state index in [-0.39, 0.29) is 31.7 Å². The first-order chi connectivity index (χ1) is 4.63. The molecule has 0 aliphatic rings. The van der Waals surface area contributed by atoms with Crippen LogP contribution in [0.4, 0.5) is 0 Å². The number of aliphatic carboxylic acids is 2. The molecule has 4 nitrogen and oxygen atoms in total. The predicted molar refractivity (Wildman–Crippen MR) is 35.5 cm³/mol. The van der Waals surface area contributed by atoms with Crippen LogP contribution in [0.15, 0.2) is 0 Å². The molecule has 0 aliphatic heterocycles. The molecule has 60 valence electrons. The summed E-state index contributed by atoms with van der Waals surface area (Å²) in [5, 5.41) is 15.8. The van der Waals surface area contributed by atoms with Crippen molar-refractivity contribution in [1.82, 2.24) is 0 Å². The Morgan fingerprint density at radius 3 is 1.36 bits per heavy atom. The van der Waals surface area contributed by atoms with Crippen molar-refractivity contribution in [2.75, 3.05) is 0 Å². The van der Waals surface area contributed by atoms with Gasteiger partial charge in [-0.25, -0.2) is 0 Å². The predicted octanol–water partition coefficient (Wildman–Crippen LogP) is -2.22. The van der Waals surface area contributed by atoms with Crippen molar-refractivity contribution in [3.05, 3.63) is 6.92 Å². The molecule has 0 heterocycles. The monoisotopic (exact) mass is 154 g/mol. The molecule has 0 amide bonds. The number of carboxylic acid groups (broad SMARTS) is 2. The van der Waals surface area contributed by atoms with Crippen LogP contribution in [0.3, 0.4) is 0 Å². The quantitative estimate of drug-likeness (QED) is 0.356. The van der Waals surface area contributed by atoms with E-state index in [4.69, 9.17) is 10.2 Å². The molecule has 0 saturated heterocycles. The summed E-state index contributed by atoms with van der Waals surface area (Å²) < 4.78 is 0. The van der Waals surface area contributed by atoms with Gasteiger partial charge < -0.3 is 17.1 Å². The van der Waals surface area contributed by atoms with Crippen LogP contribution in [-0.4, -0.2) is 22.2 Å². The van der Waals surface area contributed by atoms with Gasteiger partial charge in [-0.3, -0.25) is 9.59 Å². The van der Waals surface area contributed by atoms with E-state index in [2.05, 4.69) is 6.92 Å². The Kier molecular flexibility index (Phi) is 18.8. The van der Waals surface area contributed by atoms with Crippen LogP contribution >= 0.6 is 0 Å². The molecule has 11 heavy (non-hydrogen) atoms. The molecule has 0 aromatic carbocycles. The number of hydrogen-bond acceptors (Lipinski definition) is 2.